The number of ether oxygens (including phenoxy) is 1. The molecule has 1 atom stereocenters. The number of benzene rings is 2. The summed E-state index contributed by atoms with van der Waals surface area (Å²) in [6, 6.07) is 17.1. The summed E-state index contributed by atoms with van der Waals surface area (Å²) in [5, 5.41) is 3.10. The van der Waals surface area contributed by atoms with E-state index >= 15 is 0 Å². The Labute approximate surface area is 147 Å². The summed E-state index contributed by atoms with van der Waals surface area (Å²) in [5.41, 5.74) is 1.85. The Morgan fingerprint density at radius 1 is 1.16 bits per heavy atom. The highest BCUT2D eigenvalue weighted by molar-refractivity contribution is 5.80. The van der Waals surface area contributed by atoms with Crippen LogP contribution >= 0.6 is 0 Å². The van der Waals surface area contributed by atoms with Crippen molar-refractivity contribution in [2.75, 3.05) is 7.11 Å². The number of amides is 1. The van der Waals surface area contributed by atoms with Gasteiger partial charge in [-0.1, -0.05) is 48.5 Å². The van der Waals surface area contributed by atoms with Crippen molar-refractivity contribution in [3.05, 3.63) is 83.9 Å². The number of imidazole rings is 1. The second-order valence-electron chi connectivity index (χ2n) is 5.80. The predicted octanol–water partition coefficient (Wildman–Crippen LogP) is 2.88. The first-order valence-electron chi connectivity index (χ1n) is 8.12. The van der Waals surface area contributed by atoms with E-state index < -0.39 is 0 Å². The standard InChI is InChI=1S/C20H21N3O2/c1-23-13-12-21-20(23)19(15-8-4-3-5-9-15)22-18(24)14-16-10-6-7-11-17(16)25-2/h3-13,19H,14H2,1-2H3,(H,22,24)/t19-/m0/s1. The molecule has 0 aliphatic heterocycles. The van der Waals surface area contributed by atoms with Gasteiger partial charge in [0.15, 0.2) is 0 Å². The van der Waals surface area contributed by atoms with Crippen molar-refractivity contribution in [3.63, 3.8) is 0 Å². The third-order valence-corrected chi connectivity index (χ3v) is 4.10. The number of nitrogens with one attached hydrogen (secondary N) is 1. The molecule has 0 radical (unpaired) electrons. The lowest BCUT2D eigenvalue weighted by atomic mass is 10.0. The Morgan fingerprint density at radius 3 is 2.56 bits per heavy atom. The van der Waals surface area contributed by atoms with Gasteiger partial charge < -0.3 is 14.6 Å². The van der Waals surface area contributed by atoms with Gasteiger partial charge in [0.05, 0.1) is 13.5 Å². The lowest BCUT2D eigenvalue weighted by Crippen LogP contribution is -2.32. The second-order valence-corrected chi connectivity index (χ2v) is 5.80. The first-order chi connectivity index (χ1) is 12.2. The van der Waals surface area contributed by atoms with E-state index in [-0.39, 0.29) is 18.4 Å². The SMILES string of the molecule is COc1ccccc1CC(=O)N[C@@H](c1ccccc1)c1nccn1C. The normalized spacial score (nSPS) is 11.8. The van der Waals surface area contributed by atoms with Crippen molar-refractivity contribution in [2.24, 2.45) is 7.05 Å². The number of carbonyl (C=O) groups is 1. The maximum Gasteiger partial charge on any atom is 0.225 e. The van der Waals surface area contributed by atoms with Crippen LogP contribution in [0, 0.1) is 0 Å². The molecule has 2 aromatic carbocycles. The molecule has 0 aliphatic rings. The van der Waals surface area contributed by atoms with E-state index in [2.05, 4.69) is 10.3 Å². The Bertz CT molecular complexity index is 843. The average Bonchev–Trinajstić information content (AvgIpc) is 3.06. The highest BCUT2D eigenvalue weighted by Crippen LogP contribution is 2.22. The number of rotatable bonds is 6. The van der Waals surface area contributed by atoms with Crippen LogP contribution in [0.4, 0.5) is 0 Å². The van der Waals surface area contributed by atoms with Gasteiger partial charge in [0.1, 0.15) is 17.6 Å². The molecule has 1 heterocycles. The van der Waals surface area contributed by atoms with E-state index in [4.69, 9.17) is 4.74 Å². The summed E-state index contributed by atoms with van der Waals surface area (Å²) in [4.78, 5) is 17.1. The molecule has 5 heteroatoms. The van der Waals surface area contributed by atoms with Crippen LogP contribution in [0.25, 0.3) is 0 Å². The molecule has 1 aromatic heterocycles. The largest absolute Gasteiger partial charge is 0.496 e. The van der Waals surface area contributed by atoms with Gasteiger partial charge >= 0.3 is 0 Å². The molecule has 1 amide bonds. The van der Waals surface area contributed by atoms with Crippen molar-refractivity contribution < 1.29 is 9.53 Å². The summed E-state index contributed by atoms with van der Waals surface area (Å²) in [7, 11) is 3.53. The van der Waals surface area contributed by atoms with Crippen LogP contribution in [-0.4, -0.2) is 22.6 Å². The monoisotopic (exact) mass is 335 g/mol. The fourth-order valence-electron chi connectivity index (χ4n) is 2.83. The molecule has 0 aliphatic carbocycles. The molecular formula is C20H21N3O2. The molecule has 0 saturated heterocycles. The highest BCUT2D eigenvalue weighted by atomic mass is 16.5. The Kier molecular flexibility index (Phi) is 5.14. The molecule has 0 fully saturated rings. The minimum absolute atomic E-state index is 0.0821. The number of para-hydroxylation sites is 1. The van der Waals surface area contributed by atoms with E-state index in [1.165, 1.54) is 0 Å². The van der Waals surface area contributed by atoms with Gasteiger partial charge in [-0.05, 0) is 11.6 Å². The summed E-state index contributed by atoms with van der Waals surface area (Å²) < 4.78 is 7.25. The van der Waals surface area contributed by atoms with E-state index in [9.17, 15) is 4.79 Å². The van der Waals surface area contributed by atoms with E-state index in [0.29, 0.717) is 5.75 Å². The molecule has 1 N–H and O–H groups in total. The lowest BCUT2D eigenvalue weighted by Gasteiger charge is -2.19. The van der Waals surface area contributed by atoms with E-state index in [0.717, 1.165) is 17.0 Å². The maximum atomic E-state index is 12.7. The number of methoxy groups -OCH3 is 1. The van der Waals surface area contributed by atoms with Crippen molar-refractivity contribution >= 4 is 5.91 Å². The Hall–Kier alpha value is -3.08. The number of nitrogens with zero attached hydrogens (tertiary/aromatic N) is 2. The fourth-order valence-corrected chi connectivity index (χ4v) is 2.83. The van der Waals surface area contributed by atoms with Gasteiger partial charge in [-0.15, -0.1) is 0 Å². The zero-order valence-electron chi connectivity index (χ0n) is 14.3. The third kappa shape index (κ3) is 3.88. The zero-order chi connectivity index (χ0) is 17.6. The average molecular weight is 335 g/mol. The molecular weight excluding hydrogens is 314 g/mol. The van der Waals surface area contributed by atoms with Crippen LogP contribution in [0.1, 0.15) is 23.0 Å². The van der Waals surface area contributed by atoms with Gasteiger partial charge in [0.25, 0.3) is 0 Å². The fraction of sp³-hybridized carbons (Fsp3) is 0.200. The van der Waals surface area contributed by atoms with Crippen molar-refractivity contribution in [1.29, 1.82) is 0 Å². The Morgan fingerprint density at radius 2 is 1.88 bits per heavy atom. The van der Waals surface area contributed by atoms with Gasteiger partial charge in [-0.3, -0.25) is 4.79 Å². The maximum absolute atomic E-state index is 12.7. The molecule has 0 saturated carbocycles. The van der Waals surface area contributed by atoms with Crippen LogP contribution in [0.15, 0.2) is 67.0 Å². The molecule has 25 heavy (non-hydrogen) atoms. The first-order valence-corrected chi connectivity index (χ1v) is 8.12. The molecule has 5 nitrogen and oxygen atoms in total. The number of hydrogen-bond donors (Lipinski definition) is 1. The number of aromatic nitrogens is 2. The third-order valence-electron chi connectivity index (χ3n) is 4.10. The lowest BCUT2D eigenvalue weighted by molar-refractivity contribution is -0.121. The summed E-state index contributed by atoms with van der Waals surface area (Å²) >= 11 is 0. The zero-order valence-corrected chi connectivity index (χ0v) is 14.3. The van der Waals surface area contributed by atoms with Crippen LogP contribution in [0.2, 0.25) is 0 Å². The van der Waals surface area contributed by atoms with Crippen LogP contribution in [-0.2, 0) is 18.3 Å². The van der Waals surface area contributed by atoms with E-state index in [1.54, 1.807) is 13.3 Å². The first kappa shape index (κ1) is 16.8. The summed E-state index contributed by atoms with van der Waals surface area (Å²) in [6.07, 6.45) is 3.85. The van der Waals surface area contributed by atoms with E-state index in [1.807, 2.05) is 72.4 Å². The summed E-state index contributed by atoms with van der Waals surface area (Å²) in [6.45, 7) is 0. The van der Waals surface area contributed by atoms with Crippen LogP contribution in [0.3, 0.4) is 0 Å². The van der Waals surface area contributed by atoms with Crippen molar-refractivity contribution in [3.8, 4) is 5.75 Å². The number of hydrogen-bond acceptors (Lipinski definition) is 3. The van der Waals surface area contributed by atoms with Crippen LogP contribution in [0.5, 0.6) is 5.75 Å². The van der Waals surface area contributed by atoms with Gasteiger partial charge in [-0.25, -0.2) is 4.98 Å². The quantitative estimate of drug-likeness (QED) is 0.753. The highest BCUT2D eigenvalue weighted by Gasteiger charge is 2.21. The molecule has 128 valence electrons. The predicted molar refractivity (Wildman–Crippen MR) is 96.3 cm³/mol. The molecule has 3 rings (SSSR count). The van der Waals surface area contributed by atoms with Crippen LogP contribution < -0.4 is 10.1 Å². The van der Waals surface area contributed by atoms with Crippen molar-refractivity contribution in [2.45, 2.75) is 12.5 Å². The summed E-state index contributed by atoms with van der Waals surface area (Å²) in [5.74, 6) is 1.42. The second kappa shape index (κ2) is 7.66. The molecule has 0 unspecified atom stereocenters. The Balaban J connectivity index is 1.83. The minimum atomic E-state index is -0.302. The van der Waals surface area contributed by atoms with Crippen molar-refractivity contribution in [1.82, 2.24) is 14.9 Å². The van der Waals surface area contributed by atoms with Gasteiger partial charge in [-0.2, -0.15) is 0 Å². The van der Waals surface area contributed by atoms with Gasteiger partial charge in [0.2, 0.25) is 5.91 Å². The smallest absolute Gasteiger partial charge is 0.225 e. The van der Waals surface area contributed by atoms with Gasteiger partial charge in [0, 0.05) is 25.0 Å². The molecule has 3 aromatic rings. The molecule has 0 bridgehead atoms. The topological polar surface area (TPSA) is 56.1 Å². The molecule has 0 spiro atoms. The number of aryl methyl sites for hydroxylation is 1. The minimum Gasteiger partial charge on any atom is -0.496 e. The number of carbonyl (C=O) groups excluding carboxylic acids is 1.